The van der Waals surface area contributed by atoms with Gasteiger partial charge in [0, 0.05) is 26.2 Å². The first-order valence-electron chi connectivity index (χ1n) is 8.01. The third-order valence-electron chi connectivity index (χ3n) is 3.72. The molecule has 0 radical (unpaired) electrons. The Morgan fingerprint density at radius 1 is 1.26 bits per heavy atom. The van der Waals surface area contributed by atoms with Crippen molar-refractivity contribution in [1.82, 2.24) is 4.90 Å². The molecule has 0 spiro atoms. The van der Waals surface area contributed by atoms with Crippen molar-refractivity contribution >= 4 is 23.4 Å². The van der Waals surface area contributed by atoms with Crippen molar-refractivity contribution in [2.45, 2.75) is 32.8 Å². The molecule has 128 valence electrons. The molecule has 0 atom stereocenters. The van der Waals surface area contributed by atoms with Gasteiger partial charge in [0.05, 0.1) is 10.7 Å². The number of ether oxygens (including phenoxy) is 1. The van der Waals surface area contributed by atoms with Crippen molar-refractivity contribution in [2.24, 2.45) is 5.73 Å². The van der Waals surface area contributed by atoms with E-state index in [1.165, 1.54) is 0 Å². The summed E-state index contributed by atoms with van der Waals surface area (Å²) in [6, 6.07) is 6.08. The van der Waals surface area contributed by atoms with Gasteiger partial charge in [-0.2, -0.15) is 0 Å². The molecule has 6 heteroatoms. The zero-order chi connectivity index (χ0) is 17.0. The van der Waals surface area contributed by atoms with Crippen LogP contribution in [0.5, 0.6) is 0 Å². The van der Waals surface area contributed by atoms with E-state index in [9.17, 15) is 4.79 Å². The molecule has 0 aliphatic carbocycles. The van der Waals surface area contributed by atoms with E-state index in [1.807, 2.05) is 32.9 Å². The maximum atomic E-state index is 12.1. The molecular formula is C17H26ClN3O2. The summed E-state index contributed by atoms with van der Waals surface area (Å²) >= 11 is 6.40. The quantitative estimate of drug-likeness (QED) is 0.920. The summed E-state index contributed by atoms with van der Waals surface area (Å²) < 4.78 is 5.42. The van der Waals surface area contributed by atoms with Crippen LogP contribution < -0.4 is 10.6 Å². The number of carbonyl (C=O) groups is 1. The molecule has 1 aromatic rings. The minimum atomic E-state index is -0.462. The van der Waals surface area contributed by atoms with Gasteiger partial charge in [-0.05, 0) is 51.4 Å². The lowest BCUT2D eigenvalue weighted by Gasteiger charge is -2.37. The van der Waals surface area contributed by atoms with Crippen LogP contribution in [-0.2, 0) is 11.2 Å². The molecule has 2 rings (SSSR count). The van der Waals surface area contributed by atoms with Crippen LogP contribution in [-0.4, -0.2) is 49.3 Å². The Morgan fingerprint density at radius 2 is 1.91 bits per heavy atom. The molecule has 5 nitrogen and oxygen atoms in total. The van der Waals surface area contributed by atoms with Crippen LogP contribution in [0.15, 0.2) is 18.2 Å². The van der Waals surface area contributed by atoms with Crippen LogP contribution in [0, 0.1) is 0 Å². The third-order valence-corrected chi connectivity index (χ3v) is 4.02. The minimum absolute atomic E-state index is 0.249. The molecule has 1 aliphatic rings. The molecule has 0 aromatic heterocycles. The first-order chi connectivity index (χ1) is 10.8. The molecule has 2 N–H and O–H groups in total. The maximum absolute atomic E-state index is 12.1. The number of carbonyl (C=O) groups excluding carboxylic acids is 1. The van der Waals surface area contributed by atoms with Gasteiger partial charge in [-0.15, -0.1) is 0 Å². The Balaban J connectivity index is 1.95. The zero-order valence-corrected chi connectivity index (χ0v) is 14.9. The lowest BCUT2D eigenvalue weighted by molar-refractivity contribution is 0.0240. The van der Waals surface area contributed by atoms with Crippen LogP contribution in [0.3, 0.4) is 0 Å². The number of anilines is 1. The van der Waals surface area contributed by atoms with Crippen LogP contribution in [0.1, 0.15) is 26.3 Å². The van der Waals surface area contributed by atoms with Gasteiger partial charge in [0.15, 0.2) is 0 Å². The van der Waals surface area contributed by atoms with Gasteiger partial charge in [0.1, 0.15) is 5.60 Å². The third kappa shape index (κ3) is 5.01. The Morgan fingerprint density at radius 3 is 2.43 bits per heavy atom. The summed E-state index contributed by atoms with van der Waals surface area (Å²) in [5.41, 5.74) is 7.27. The number of halogens is 1. The van der Waals surface area contributed by atoms with Gasteiger partial charge >= 0.3 is 6.09 Å². The predicted octanol–water partition coefficient (Wildman–Crippen LogP) is 2.90. The Kier molecular flexibility index (Phi) is 5.76. The Labute approximate surface area is 143 Å². The van der Waals surface area contributed by atoms with Crippen molar-refractivity contribution in [2.75, 3.05) is 37.6 Å². The summed E-state index contributed by atoms with van der Waals surface area (Å²) in [5, 5.41) is 0.738. The maximum Gasteiger partial charge on any atom is 0.410 e. The molecule has 1 fully saturated rings. The second kappa shape index (κ2) is 7.41. The van der Waals surface area contributed by atoms with E-state index in [1.54, 1.807) is 4.90 Å². The van der Waals surface area contributed by atoms with Gasteiger partial charge in [-0.3, -0.25) is 0 Å². The largest absolute Gasteiger partial charge is 0.444 e. The van der Waals surface area contributed by atoms with Crippen molar-refractivity contribution in [3.8, 4) is 0 Å². The fourth-order valence-electron chi connectivity index (χ4n) is 2.59. The second-order valence-electron chi connectivity index (χ2n) is 6.78. The van der Waals surface area contributed by atoms with Gasteiger partial charge < -0.3 is 20.3 Å². The fraction of sp³-hybridized carbons (Fsp3) is 0.588. The van der Waals surface area contributed by atoms with Crippen LogP contribution >= 0.6 is 11.6 Å². The number of nitrogens with zero attached hydrogens (tertiary/aromatic N) is 2. The van der Waals surface area contributed by atoms with E-state index in [4.69, 9.17) is 22.1 Å². The van der Waals surface area contributed by atoms with Crippen molar-refractivity contribution in [1.29, 1.82) is 0 Å². The molecular weight excluding hydrogens is 314 g/mol. The van der Waals surface area contributed by atoms with Gasteiger partial charge in [0.25, 0.3) is 0 Å². The highest BCUT2D eigenvalue weighted by Crippen LogP contribution is 2.28. The van der Waals surface area contributed by atoms with Crippen molar-refractivity contribution in [3.63, 3.8) is 0 Å². The molecule has 1 amide bonds. The number of rotatable bonds is 3. The number of piperazine rings is 1. The average Bonchev–Trinajstić information content (AvgIpc) is 2.46. The molecule has 1 aromatic carbocycles. The van der Waals surface area contributed by atoms with Gasteiger partial charge in [-0.1, -0.05) is 17.7 Å². The smallest absolute Gasteiger partial charge is 0.410 e. The summed E-state index contributed by atoms with van der Waals surface area (Å²) in [6.07, 6.45) is 0.577. The van der Waals surface area contributed by atoms with E-state index < -0.39 is 5.60 Å². The second-order valence-corrected chi connectivity index (χ2v) is 7.19. The van der Waals surface area contributed by atoms with Crippen molar-refractivity contribution in [3.05, 3.63) is 28.8 Å². The molecule has 0 saturated carbocycles. The van der Waals surface area contributed by atoms with Gasteiger partial charge in [0.2, 0.25) is 0 Å². The number of hydrogen-bond acceptors (Lipinski definition) is 4. The fourth-order valence-corrected chi connectivity index (χ4v) is 2.91. The summed E-state index contributed by atoms with van der Waals surface area (Å²) in [4.78, 5) is 16.0. The molecule has 0 bridgehead atoms. The molecule has 1 heterocycles. The number of nitrogens with two attached hydrogens (primary N) is 1. The van der Waals surface area contributed by atoms with E-state index >= 15 is 0 Å². The summed E-state index contributed by atoms with van der Waals surface area (Å²) in [5.74, 6) is 0. The van der Waals surface area contributed by atoms with E-state index in [-0.39, 0.29) is 6.09 Å². The van der Waals surface area contributed by atoms with Crippen LogP contribution in [0.2, 0.25) is 5.02 Å². The number of hydrogen-bond donors (Lipinski definition) is 1. The van der Waals surface area contributed by atoms with E-state index in [0.717, 1.165) is 35.8 Å². The first-order valence-corrected chi connectivity index (χ1v) is 8.39. The standard InChI is InChI=1S/C17H26ClN3O2/c1-17(2,3)23-16(22)21-10-8-20(9-11-21)15-5-4-13(6-7-19)12-14(15)18/h4-5,12H,6-11,19H2,1-3H3. The molecule has 23 heavy (non-hydrogen) atoms. The normalized spacial score (nSPS) is 15.7. The Hall–Kier alpha value is -1.46. The lowest BCUT2D eigenvalue weighted by atomic mass is 10.1. The molecule has 1 aliphatic heterocycles. The number of benzene rings is 1. The highest BCUT2D eigenvalue weighted by atomic mass is 35.5. The highest BCUT2D eigenvalue weighted by Gasteiger charge is 2.26. The van der Waals surface area contributed by atoms with Crippen LogP contribution in [0.4, 0.5) is 10.5 Å². The summed E-state index contributed by atoms with van der Waals surface area (Å²) in [7, 11) is 0. The lowest BCUT2D eigenvalue weighted by Crippen LogP contribution is -2.50. The predicted molar refractivity (Wildman–Crippen MR) is 94.2 cm³/mol. The van der Waals surface area contributed by atoms with Crippen LogP contribution in [0.25, 0.3) is 0 Å². The minimum Gasteiger partial charge on any atom is -0.444 e. The average molecular weight is 340 g/mol. The Bertz CT molecular complexity index is 549. The van der Waals surface area contributed by atoms with Crippen molar-refractivity contribution < 1.29 is 9.53 Å². The van der Waals surface area contributed by atoms with E-state index in [0.29, 0.717) is 19.6 Å². The first kappa shape index (κ1) is 17.9. The highest BCUT2D eigenvalue weighted by molar-refractivity contribution is 6.33. The van der Waals surface area contributed by atoms with Gasteiger partial charge in [-0.25, -0.2) is 4.79 Å². The van der Waals surface area contributed by atoms with E-state index in [2.05, 4.69) is 11.0 Å². The molecule has 1 saturated heterocycles. The summed E-state index contributed by atoms with van der Waals surface area (Å²) in [6.45, 7) is 9.01. The molecule has 0 unspecified atom stereocenters. The monoisotopic (exact) mass is 339 g/mol. The zero-order valence-electron chi connectivity index (χ0n) is 14.1. The number of amides is 1. The SMILES string of the molecule is CC(C)(C)OC(=O)N1CCN(c2ccc(CCN)cc2Cl)CC1. The topological polar surface area (TPSA) is 58.8 Å².